The normalized spacial score (nSPS) is 10.8. The van der Waals surface area contributed by atoms with Crippen LogP contribution in [0.5, 0.6) is 0 Å². The topological polar surface area (TPSA) is 37.3 Å². The van der Waals surface area contributed by atoms with Crippen molar-refractivity contribution >= 4 is 5.78 Å². The van der Waals surface area contributed by atoms with Gasteiger partial charge in [-0.2, -0.15) is 0 Å². The Balaban J connectivity index is 1.84. The molecule has 1 N–H and O–H groups in total. The van der Waals surface area contributed by atoms with Gasteiger partial charge in [-0.15, -0.1) is 0 Å². The second-order valence-electron chi connectivity index (χ2n) is 6.53. The van der Waals surface area contributed by atoms with Crippen LogP contribution in [0.3, 0.4) is 0 Å². The van der Waals surface area contributed by atoms with Crippen LogP contribution in [0, 0.1) is 0 Å². The van der Waals surface area contributed by atoms with Crippen molar-refractivity contribution in [3.63, 3.8) is 0 Å². The second kappa shape index (κ2) is 14.4. The smallest absolute Gasteiger partial charge is 0.132 e. The molecule has 1 aromatic carbocycles. The summed E-state index contributed by atoms with van der Waals surface area (Å²) in [5, 5.41) is 8.69. The minimum Gasteiger partial charge on any atom is -0.396 e. The van der Waals surface area contributed by atoms with E-state index >= 15 is 0 Å². The first kappa shape index (κ1) is 19.9. The molecule has 2 heteroatoms. The van der Waals surface area contributed by atoms with Crippen LogP contribution < -0.4 is 0 Å². The summed E-state index contributed by atoms with van der Waals surface area (Å²) < 4.78 is 0. The Labute approximate surface area is 142 Å². The number of hydrogen-bond donors (Lipinski definition) is 1. The molecule has 23 heavy (non-hydrogen) atoms. The number of aliphatic hydroxyl groups is 1. The van der Waals surface area contributed by atoms with E-state index in [0.29, 0.717) is 12.4 Å². The summed E-state index contributed by atoms with van der Waals surface area (Å²) in [6.45, 7) is 0.309. The summed E-state index contributed by atoms with van der Waals surface area (Å²) in [5.74, 6) is 0.448. The molecule has 1 aromatic rings. The molecule has 0 atom stereocenters. The van der Waals surface area contributed by atoms with E-state index in [9.17, 15) is 4.79 Å². The summed E-state index contributed by atoms with van der Waals surface area (Å²) in [6.07, 6.45) is 14.0. The maximum atomic E-state index is 11.8. The van der Waals surface area contributed by atoms with Crippen molar-refractivity contribution in [2.75, 3.05) is 6.61 Å². The number of Topliss-reactive ketones (excluding diaryl/α,β-unsaturated/α-hetero) is 1. The maximum absolute atomic E-state index is 11.8. The zero-order valence-corrected chi connectivity index (χ0v) is 14.6. The van der Waals surface area contributed by atoms with Gasteiger partial charge in [0.2, 0.25) is 0 Å². The fourth-order valence-corrected chi connectivity index (χ4v) is 2.92. The van der Waals surface area contributed by atoms with E-state index < -0.39 is 0 Å². The SMILES string of the molecule is O=C(CCCCCCCCO)CCCCCCc1ccccc1. The molecule has 0 unspecified atom stereocenters. The number of benzene rings is 1. The molecule has 0 aliphatic heterocycles. The highest BCUT2D eigenvalue weighted by molar-refractivity contribution is 5.78. The van der Waals surface area contributed by atoms with Gasteiger partial charge in [-0.1, -0.05) is 68.9 Å². The standard InChI is InChI=1S/C21H34O2/c22-19-13-6-2-1-3-11-17-21(23)18-12-5-4-8-14-20-15-9-7-10-16-20/h7,9-10,15-16,22H,1-6,8,11-14,17-19H2. The molecule has 0 spiro atoms. The molecule has 0 aliphatic rings. The van der Waals surface area contributed by atoms with Gasteiger partial charge in [-0.05, 0) is 37.7 Å². The zero-order valence-electron chi connectivity index (χ0n) is 14.6. The van der Waals surface area contributed by atoms with Crippen LogP contribution in [0.15, 0.2) is 30.3 Å². The lowest BCUT2D eigenvalue weighted by molar-refractivity contribution is -0.119. The van der Waals surface area contributed by atoms with Crippen molar-refractivity contribution in [2.45, 2.75) is 83.5 Å². The summed E-state index contributed by atoms with van der Waals surface area (Å²) in [5.41, 5.74) is 1.42. The van der Waals surface area contributed by atoms with E-state index in [2.05, 4.69) is 30.3 Å². The van der Waals surface area contributed by atoms with E-state index in [0.717, 1.165) is 51.4 Å². The lowest BCUT2D eigenvalue weighted by Gasteiger charge is -2.03. The van der Waals surface area contributed by atoms with Crippen LogP contribution in [0.4, 0.5) is 0 Å². The molecule has 0 amide bonds. The molecule has 2 nitrogen and oxygen atoms in total. The highest BCUT2D eigenvalue weighted by Crippen LogP contribution is 2.12. The van der Waals surface area contributed by atoms with Gasteiger partial charge in [0.15, 0.2) is 0 Å². The molecule has 130 valence electrons. The molecule has 1 rings (SSSR count). The quantitative estimate of drug-likeness (QED) is 0.435. The highest BCUT2D eigenvalue weighted by atomic mass is 16.2. The predicted octanol–water partition coefficient (Wildman–Crippen LogP) is 5.47. The Hall–Kier alpha value is -1.15. The first-order valence-electron chi connectivity index (χ1n) is 9.49. The summed E-state index contributed by atoms with van der Waals surface area (Å²) in [4.78, 5) is 11.8. The Morgan fingerprint density at radius 1 is 0.696 bits per heavy atom. The first-order chi connectivity index (χ1) is 11.3. The molecule has 0 saturated heterocycles. The molecular weight excluding hydrogens is 284 g/mol. The number of rotatable bonds is 15. The molecule has 0 aliphatic carbocycles. The number of carbonyl (C=O) groups excluding carboxylic acids is 1. The van der Waals surface area contributed by atoms with E-state index in [1.165, 1.54) is 37.7 Å². The third-order valence-corrected chi connectivity index (χ3v) is 4.38. The van der Waals surface area contributed by atoms with Crippen molar-refractivity contribution < 1.29 is 9.90 Å². The lowest BCUT2D eigenvalue weighted by Crippen LogP contribution is -1.98. The maximum Gasteiger partial charge on any atom is 0.132 e. The highest BCUT2D eigenvalue weighted by Gasteiger charge is 2.02. The number of aliphatic hydroxyl groups excluding tert-OH is 1. The summed E-state index contributed by atoms with van der Waals surface area (Å²) >= 11 is 0. The first-order valence-corrected chi connectivity index (χ1v) is 9.49. The molecular formula is C21H34O2. The minimum atomic E-state index is 0.309. The Morgan fingerprint density at radius 2 is 1.22 bits per heavy atom. The van der Waals surface area contributed by atoms with Crippen molar-refractivity contribution in [3.8, 4) is 0 Å². The van der Waals surface area contributed by atoms with E-state index in [4.69, 9.17) is 5.11 Å². The van der Waals surface area contributed by atoms with Crippen LogP contribution in [0.1, 0.15) is 82.6 Å². The van der Waals surface area contributed by atoms with Gasteiger partial charge in [-0.25, -0.2) is 0 Å². The van der Waals surface area contributed by atoms with Gasteiger partial charge >= 0.3 is 0 Å². The molecule has 0 bridgehead atoms. The van der Waals surface area contributed by atoms with Crippen molar-refractivity contribution in [1.29, 1.82) is 0 Å². The van der Waals surface area contributed by atoms with Gasteiger partial charge in [0.05, 0.1) is 0 Å². The molecule has 0 heterocycles. The van der Waals surface area contributed by atoms with Crippen LogP contribution in [-0.2, 0) is 11.2 Å². The minimum absolute atomic E-state index is 0.309. The van der Waals surface area contributed by atoms with Crippen LogP contribution in [0.25, 0.3) is 0 Å². The van der Waals surface area contributed by atoms with E-state index in [-0.39, 0.29) is 0 Å². The molecule has 0 fully saturated rings. The predicted molar refractivity (Wildman–Crippen MR) is 97.6 cm³/mol. The molecule has 0 aromatic heterocycles. The van der Waals surface area contributed by atoms with E-state index in [1.54, 1.807) is 0 Å². The second-order valence-corrected chi connectivity index (χ2v) is 6.53. The number of unbranched alkanes of at least 4 members (excludes halogenated alkanes) is 8. The van der Waals surface area contributed by atoms with Gasteiger partial charge in [-0.3, -0.25) is 4.79 Å². The van der Waals surface area contributed by atoms with E-state index in [1.807, 2.05) is 0 Å². The van der Waals surface area contributed by atoms with Crippen LogP contribution in [0.2, 0.25) is 0 Å². The molecule has 0 saturated carbocycles. The molecule has 0 radical (unpaired) electrons. The number of aryl methyl sites for hydroxylation is 1. The Kier molecular flexibility index (Phi) is 12.5. The van der Waals surface area contributed by atoms with Gasteiger partial charge in [0.1, 0.15) is 5.78 Å². The Bertz CT molecular complexity index is 386. The fourth-order valence-electron chi connectivity index (χ4n) is 2.92. The van der Waals surface area contributed by atoms with Gasteiger partial charge in [0.25, 0.3) is 0 Å². The fraction of sp³-hybridized carbons (Fsp3) is 0.667. The van der Waals surface area contributed by atoms with Crippen LogP contribution >= 0.6 is 0 Å². The summed E-state index contributed by atoms with van der Waals surface area (Å²) in [7, 11) is 0. The summed E-state index contributed by atoms with van der Waals surface area (Å²) in [6, 6.07) is 10.6. The third-order valence-electron chi connectivity index (χ3n) is 4.38. The van der Waals surface area contributed by atoms with Crippen molar-refractivity contribution in [2.24, 2.45) is 0 Å². The zero-order chi connectivity index (χ0) is 16.6. The largest absolute Gasteiger partial charge is 0.396 e. The lowest BCUT2D eigenvalue weighted by atomic mass is 10.0. The average molecular weight is 319 g/mol. The van der Waals surface area contributed by atoms with Gasteiger partial charge < -0.3 is 5.11 Å². The number of ketones is 1. The monoisotopic (exact) mass is 318 g/mol. The number of carbonyl (C=O) groups is 1. The number of hydrogen-bond acceptors (Lipinski definition) is 2. The van der Waals surface area contributed by atoms with Crippen molar-refractivity contribution in [3.05, 3.63) is 35.9 Å². The van der Waals surface area contributed by atoms with Gasteiger partial charge in [0, 0.05) is 19.4 Å². The van der Waals surface area contributed by atoms with Crippen LogP contribution in [-0.4, -0.2) is 17.5 Å². The Morgan fingerprint density at radius 3 is 1.83 bits per heavy atom. The average Bonchev–Trinajstić information content (AvgIpc) is 2.58. The van der Waals surface area contributed by atoms with Crippen molar-refractivity contribution in [1.82, 2.24) is 0 Å². The third kappa shape index (κ3) is 12.0.